The van der Waals surface area contributed by atoms with Crippen molar-refractivity contribution in [1.29, 1.82) is 0 Å². The molecule has 0 saturated carbocycles. The highest BCUT2D eigenvalue weighted by atomic mass is 16.3. The van der Waals surface area contributed by atoms with Gasteiger partial charge >= 0.3 is 0 Å². The molecule has 2 heterocycles. The van der Waals surface area contributed by atoms with E-state index in [9.17, 15) is 0 Å². The Morgan fingerprint density at radius 2 is 0.762 bits per heavy atom. The molecule has 0 fully saturated rings. The molecule has 0 bridgehead atoms. The summed E-state index contributed by atoms with van der Waals surface area (Å²) in [6.07, 6.45) is 1.25. The first-order valence-electron chi connectivity index (χ1n) is 14.3. The molecule has 8 rings (SSSR count). The fourth-order valence-corrected chi connectivity index (χ4v) is 5.76. The maximum atomic E-state index is 6.15. The molecule has 8 aromatic rings. The zero-order valence-corrected chi connectivity index (χ0v) is 23.2. The van der Waals surface area contributed by atoms with Gasteiger partial charge in [-0.15, -0.1) is 0 Å². The van der Waals surface area contributed by atoms with Gasteiger partial charge in [0, 0.05) is 21.5 Å². The Kier molecular flexibility index (Phi) is 7.37. The minimum Gasteiger partial charge on any atom is -0.456 e. The molecule has 0 spiro atoms. The lowest BCUT2D eigenvalue weighted by Gasteiger charge is -2.10. The molecule has 0 unspecified atom stereocenters. The molecule has 42 heavy (non-hydrogen) atoms. The fourth-order valence-electron chi connectivity index (χ4n) is 5.76. The monoisotopic (exact) mass is 546 g/mol. The maximum absolute atomic E-state index is 6.15. The Morgan fingerprint density at radius 3 is 1.21 bits per heavy atom. The van der Waals surface area contributed by atoms with Crippen molar-refractivity contribution in [1.82, 2.24) is 0 Å². The van der Waals surface area contributed by atoms with Crippen molar-refractivity contribution in [3.05, 3.63) is 133 Å². The lowest BCUT2D eigenvalue weighted by Crippen LogP contribution is -1.85. The second kappa shape index (κ2) is 11.4. The van der Waals surface area contributed by atoms with Crippen LogP contribution in [-0.2, 0) is 0 Å². The van der Waals surface area contributed by atoms with Crippen LogP contribution in [0.15, 0.2) is 142 Å². The molecule has 0 aliphatic heterocycles. The molecular weight excluding hydrogens is 512 g/mol. The number of rotatable bonds is 3. The summed E-state index contributed by atoms with van der Waals surface area (Å²) in [4.78, 5) is 0. The zero-order chi connectivity index (χ0) is 27.8. The van der Waals surface area contributed by atoms with Gasteiger partial charge < -0.3 is 8.83 Å². The van der Waals surface area contributed by atoms with E-state index in [1.54, 1.807) is 0 Å². The smallest absolute Gasteiger partial charge is 0.136 e. The van der Waals surface area contributed by atoms with Crippen molar-refractivity contribution < 1.29 is 8.83 Å². The van der Waals surface area contributed by atoms with Crippen molar-refractivity contribution in [2.75, 3.05) is 0 Å². The number of furan rings is 2. The number of benzene rings is 6. The number of hydrogen-bond donors (Lipinski definition) is 0. The summed E-state index contributed by atoms with van der Waals surface area (Å²) < 4.78 is 12.3. The van der Waals surface area contributed by atoms with Gasteiger partial charge in [0.25, 0.3) is 0 Å². The SMILES string of the molecule is C.CCC.c1cc(-c2cccc(-c3cccc4oc5ccccc5c34)c2)cc(-c2cccc3oc4ccccc4c23)c1. The predicted molar refractivity (Wildman–Crippen MR) is 180 cm³/mol. The van der Waals surface area contributed by atoms with E-state index in [-0.39, 0.29) is 7.43 Å². The van der Waals surface area contributed by atoms with Crippen molar-refractivity contribution in [2.45, 2.75) is 27.7 Å². The van der Waals surface area contributed by atoms with Crippen LogP contribution in [0.4, 0.5) is 0 Å². The molecule has 2 nitrogen and oxygen atoms in total. The molecule has 0 saturated heterocycles. The van der Waals surface area contributed by atoms with Crippen LogP contribution in [0.25, 0.3) is 77.3 Å². The molecule has 0 amide bonds. The minimum absolute atomic E-state index is 0. The lowest BCUT2D eigenvalue weighted by atomic mass is 9.93. The van der Waals surface area contributed by atoms with Gasteiger partial charge in [-0.1, -0.05) is 125 Å². The third-order valence-corrected chi connectivity index (χ3v) is 7.49. The molecular formula is C40H34O2. The van der Waals surface area contributed by atoms with Gasteiger partial charge in [0.1, 0.15) is 22.3 Å². The van der Waals surface area contributed by atoms with Crippen molar-refractivity contribution >= 4 is 43.9 Å². The van der Waals surface area contributed by atoms with Gasteiger partial charge in [-0.25, -0.2) is 0 Å². The Morgan fingerprint density at radius 1 is 0.405 bits per heavy atom. The van der Waals surface area contributed by atoms with E-state index in [0.29, 0.717) is 0 Å². The molecule has 6 aromatic carbocycles. The van der Waals surface area contributed by atoms with Crippen molar-refractivity contribution in [2.24, 2.45) is 0 Å². The van der Waals surface area contributed by atoms with Crippen LogP contribution in [-0.4, -0.2) is 0 Å². The fraction of sp³-hybridized carbons (Fsp3) is 0.100. The second-order valence-electron chi connectivity index (χ2n) is 10.4. The highest BCUT2D eigenvalue weighted by Gasteiger charge is 2.14. The molecule has 2 aromatic heterocycles. The molecule has 2 heteroatoms. The van der Waals surface area contributed by atoms with Crippen LogP contribution in [0.2, 0.25) is 0 Å². The first kappa shape index (κ1) is 27.1. The third-order valence-electron chi connectivity index (χ3n) is 7.49. The van der Waals surface area contributed by atoms with Crippen LogP contribution in [0.3, 0.4) is 0 Å². The molecule has 0 N–H and O–H groups in total. The summed E-state index contributed by atoms with van der Waals surface area (Å²) in [6.45, 7) is 4.25. The van der Waals surface area contributed by atoms with Crippen molar-refractivity contribution in [3.8, 4) is 33.4 Å². The van der Waals surface area contributed by atoms with Gasteiger partial charge in [0.15, 0.2) is 0 Å². The van der Waals surface area contributed by atoms with E-state index in [0.717, 1.165) is 43.9 Å². The van der Waals surface area contributed by atoms with Crippen LogP contribution in [0, 0.1) is 0 Å². The number of fused-ring (bicyclic) bond motifs is 6. The van der Waals surface area contributed by atoms with E-state index in [4.69, 9.17) is 8.83 Å². The average molecular weight is 547 g/mol. The minimum atomic E-state index is 0. The summed E-state index contributed by atoms with van der Waals surface area (Å²) in [7, 11) is 0. The van der Waals surface area contributed by atoms with Gasteiger partial charge in [0.05, 0.1) is 0 Å². The first-order valence-corrected chi connectivity index (χ1v) is 14.3. The first-order chi connectivity index (χ1) is 20.2. The summed E-state index contributed by atoms with van der Waals surface area (Å²) in [5.41, 5.74) is 10.7. The third kappa shape index (κ3) is 4.65. The quantitative estimate of drug-likeness (QED) is 0.220. The Labute approximate surface area is 246 Å². The highest BCUT2D eigenvalue weighted by Crippen LogP contribution is 2.40. The Balaban J connectivity index is 0.000000759. The van der Waals surface area contributed by atoms with Gasteiger partial charge in [0.2, 0.25) is 0 Å². The summed E-state index contributed by atoms with van der Waals surface area (Å²) in [5, 5.41) is 4.61. The van der Waals surface area contributed by atoms with E-state index >= 15 is 0 Å². The summed E-state index contributed by atoms with van der Waals surface area (Å²) in [6, 6.07) is 46.7. The molecule has 206 valence electrons. The second-order valence-corrected chi connectivity index (χ2v) is 10.4. The topological polar surface area (TPSA) is 26.3 Å². The number of hydrogen-bond acceptors (Lipinski definition) is 2. The molecule has 0 aliphatic carbocycles. The highest BCUT2D eigenvalue weighted by molar-refractivity contribution is 6.13. The van der Waals surface area contributed by atoms with E-state index < -0.39 is 0 Å². The van der Waals surface area contributed by atoms with Crippen LogP contribution in [0.5, 0.6) is 0 Å². The van der Waals surface area contributed by atoms with E-state index in [2.05, 4.69) is 111 Å². The largest absolute Gasteiger partial charge is 0.456 e. The Bertz CT molecular complexity index is 2000. The normalized spacial score (nSPS) is 11.0. The van der Waals surface area contributed by atoms with E-state index in [1.165, 1.54) is 39.8 Å². The van der Waals surface area contributed by atoms with Crippen LogP contribution in [0.1, 0.15) is 27.7 Å². The van der Waals surface area contributed by atoms with Gasteiger partial charge in [-0.3, -0.25) is 0 Å². The maximum Gasteiger partial charge on any atom is 0.136 e. The summed E-state index contributed by atoms with van der Waals surface area (Å²) in [5.74, 6) is 0. The van der Waals surface area contributed by atoms with E-state index in [1.807, 2.05) is 36.4 Å². The van der Waals surface area contributed by atoms with Gasteiger partial charge in [-0.2, -0.15) is 0 Å². The number of para-hydroxylation sites is 2. The van der Waals surface area contributed by atoms with Gasteiger partial charge in [-0.05, 0) is 69.8 Å². The van der Waals surface area contributed by atoms with Crippen LogP contribution < -0.4 is 0 Å². The molecule has 0 aliphatic rings. The Hall–Kier alpha value is -5.08. The molecule has 0 atom stereocenters. The lowest BCUT2D eigenvalue weighted by molar-refractivity contribution is 0.668. The predicted octanol–water partition coefficient (Wildman–Crippen LogP) is 12.5. The summed E-state index contributed by atoms with van der Waals surface area (Å²) >= 11 is 0. The standard InChI is InChI=1S/C36H22O2.C3H8.CH4/c1-3-17-31-29(13-1)35-27(15-7-19-33(35)37-31)25-11-5-9-23(21-25)24-10-6-12-26(22-24)28-16-8-20-34-36(28)30-14-2-4-18-32(30)38-34;1-3-2;/h1-22H;3H2,1-2H3;1H4. The average Bonchev–Trinajstić information content (AvgIpc) is 3.60. The van der Waals surface area contributed by atoms with Crippen molar-refractivity contribution in [3.63, 3.8) is 0 Å². The molecule has 0 radical (unpaired) electrons. The van der Waals surface area contributed by atoms with Crippen LogP contribution >= 0.6 is 0 Å². The zero-order valence-electron chi connectivity index (χ0n) is 23.2.